The van der Waals surface area contributed by atoms with E-state index in [1.54, 1.807) is 17.5 Å². The maximum atomic E-state index is 11.5. The normalized spacial score (nSPS) is 19.0. The summed E-state index contributed by atoms with van der Waals surface area (Å²) < 4.78 is 5.95. The first-order valence-electron chi connectivity index (χ1n) is 8.60. The highest BCUT2D eigenvalue weighted by molar-refractivity contribution is 7.22. The van der Waals surface area contributed by atoms with Gasteiger partial charge in [0.15, 0.2) is 5.13 Å². The number of fused-ring (bicyclic) bond motifs is 1. The average Bonchev–Trinajstić information content (AvgIpc) is 3.03. The van der Waals surface area contributed by atoms with Crippen molar-refractivity contribution < 1.29 is 9.53 Å². The van der Waals surface area contributed by atoms with E-state index in [1.807, 2.05) is 30.3 Å². The Kier molecular flexibility index (Phi) is 4.71. The molecule has 4 rings (SSSR count). The highest BCUT2D eigenvalue weighted by Crippen LogP contribution is 2.31. The molecule has 1 aliphatic rings. The zero-order valence-electron chi connectivity index (χ0n) is 14.4. The minimum atomic E-state index is -0.259. The molecule has 1 aliphatic carbocycles. The molecule has 2 heterocycles. The molecule has 6 nitrogen and oxygen atoms in total. The minimum Gasteiger partial charge on any atom is -0.469 e. The Morgan fingerprint density at radius 1 is 1.19 bits per heavy atom. The van der Waals surface area contributed by atoms with Gasteiger partial charge in [-0.2, -0.15) is 0 Å². The van der Waals surface area contributed by atoms with Gasteiger partial charge in [-0.25, -0.2) is 9.97 Å². The number of nitrogens with zero attached hydrogens (tertiary/aromatic N) is 2. The van der Waals surface area contributed by atoms with Crippen LogP contribution < -0.4 is 10.6 Å². The van der Waals surface area contributed by atoms with E-state index in [0.717, 1.165) is 34.9 Å². The van der Waals surface area contributed by atoms with Gasteiger partial charge in [-0.15, -0.1) is 0 Å². The summed E-state index contributed by atoms with van der Waals surface area (Å²) in [5.41, 5.74) is 1.90. The van der Waals surface area contributed by atoms with Crippen molar-refractivity contribution in [1.29, 1.82) is 0 Å². The summed E-state index contributed by atoms with van der Waals surface area (Å²) in [6, 6.07) is 12.7. The molecule has 7 heteroatoms. The predicted molar refractivity (Wildman–Crippen MR) is 104 cm³/mol. The molecule has 1 fully saturated rings. The topological polar surface area (TPSA) is 76.1 Å². The first kappa shape index (κ1) is 16.8. The molecule has 0 bridgehead atoms. The summed E-state index contributed by atoms with van der Waals surface area (Å²) in [6.07, 6.45) is 3.94. The number of para-hydroxylation sites is 1. The third kappa shape index (κ3) is 3.62. The quantitative estimate of drug-likeness (QED) is 0.649. The Balaban J connectivity index is 1.33. The molecular weight excluding hydrogens is 348 g/mol. The Bertz CT molecular complexity index is 888. The molecule has 0 atom stereocenters. The number of aromatic nitrogens is 2. The highest BCUT2D eigenvalue weighted by Gasteiger charge is 2.30. The molecule has 26 heavy (non-hydrogen) atoms. The van der Waals surface area contributed by atoms with E-state index in [0.29, 0.717) is 12.1 Å². The maximum absolute atomic E-state index is 11.5. The van der Waals surface area contributed by atoms with Crippen LogP contribution in [0.2, 0.25) is 0 Å². The number of esters is 1. The number of thiazole rings is 1. The van der Waals surface area contributed by atoms with E-state index in [4.69, 9.17) is 4.74 Å². The lowest BCUT2D eigenvalue weighted by molar-refractivity contribution is -0.139. The number of hydrogen-bond acceptors (Lipinski definition) is 7. The lowest BCUT2D eigenvalue weighted by Gasteiger charge is -2.36. The van der Waals surface area contributed by atoms with Gasteiger partial charge in [0, 0.05) is 23.8 Å². The number of nitrogens with one attached hydrogen (secondary N) is 2. The summed E-state index contributed by atoms with van der Waals surface area (Å²) in [5.74, 6) is 0.506. The molecule has 0 spiro atoms. The van der Waals surface area contributed by atoms with Crippen molar-refractivity contribution in [3.63, 3.8) is 0 Å². The second kappa shape index (κ2) is 7.29. The number of hydrogen-bond donors (Lipinski definition) is 2. The molecule has 0 radical (unpaired) electrons. The fraction of sp³-hybridized carbons (Fsp3) is 0.316. The van der Waals surface area contributed by atoms with Gasteiger partial charge < -0.3 is 15.4 Å². The summed E-state index contributed by atoms with van der Waals surface area (Å²) >= 11 is 1.69. The Hall–Kier alpha value is -2.67. The van der Waals surface area contributed by atoms with Crippen molar-refractivity contribution in [2.45, 2.75) is 31.3 Å². The smallest absolute Gasteiger partial charge is 0.310 e. The number of ether oxygens (including phenoxy) is 1. The zero-order valence-corrected chi connectivity index (χ0v) is 15.3. The van der Waals surface area contributed by atoms with Gasteiger partial charge in [0.05, 0.1) is 23.7 Å². The second-order valence-electron chi connectivity index (χ2n) is 6.40. The molecule has 1 saturated carbocycles. The van der Waals surface area contributed by atoms with Gasteiger partial charge in [0.25, 0.3) is 0 Å². The van der Waals surface area contributed by atoms with Crippen molar-refractivity contribution in [2.75, 3.05) is 17.7 Å². The van der Waals surface area contributed by atoms with Gasteiger partial charge in [-0.1, -0.05) is 29.5 Å². The lowest BCUT2D eigenvalue weighted by Crippen LogP contribution is -2.44. The monoisotopic (exact) mass is 368 g/mol. The van der Waals surface area contributed by atoms with Crippen molar-refractivity contribution >= 4 is 38.5 Å². The number of pyridine rings is 1. The van der Waals surface area contributed by atoms with Crippen molar-refractivity contribution in [1.82, 2.24) is 9.97 Å². The van der Waals surface area contributed by atoms with E-state index < -0.39 is 0 Å². The van der Waals surface area contributed by atoms with Gasteiger partial charge in [0.1, 0.15) is 5.82 Å². The number of methoxy groups -OCH3 is 1. The summed E-state index contributed by atoms with van der Waals surface area (Å²) in [6.45, 7) is 0. The molecule has 0 amide bonds. The minimum absolute atomic E-state index is 0.229. The van der Waals surface area contributed by atoms with Crippen molar-refractivity contribution in [3.05, 3.63) is 48.2 Å². The molecule has 0 saturated heterocycles. The van der Waals surface area contributed by atoms with Gasteiger partial charge in [-0.05, 0) is 31.0 Å². The van der Waals surface area contributed by atoms with Crippen molar-refractivity contribution in [2.24, 2.45) is 0 Å². The average molecular weight is 368 g/mol. The van der Waals surface area contributed by atoms with Gasteiger partial charge in [-0.3, -0.25) is 4.79 Å². The van der Waals surface area contributed by atoms with Crippen molar-refractivity contribution in [3.8, 4) is 0 Å². The van der Waals surface area contributed by atoms with Gasteiger partial charge in [0.2, 0.25) is 0 Å². The molecule has 0 aliphatic heterocycles. The fourth-order valence-corrected chi connectivity index (χ4v) is 4.04. The molecular formula is C19H20N4O2S. The number of benzene rings is 1. The van der Waals surface area contributed by atoms with Crippen LogP contribution in [0.25, 0.3) is 10.2 Å². The number of carbonyl (C=O) groups excluding carboxylic acids is 1. The molecule has 2 aromatic heterocycles. The first-order chi connectivity index (χ1) is 12.7. The third-order valence-electron chi connectivity index (χ3n) is 4.55. The Labute approximate surface area is 155 Å². The van der Waals surface area contributed by atoms with E-state index in [1.165, 1.54) is 11.8 Å². The molecule has 1 aromatic carbocycles. The predicted octanol–water partition coefficient (Wildman–Crippen LogP) is 3.46. The van der Waals surface area contributed by atoms with Crippen LogP contribution in [0.15, 0.2) is 42.6 Å². The zero-order chi connectivity index (χ0) is 17.9. The van der Waals surface area contributed by atoms with Crippen LogP contribution in [-0.2, 0) is 16.0 Å². The lowest BCUT2D eigenvalue weighted by atomic mass is 9.87. The Morgan fingerprint density at radius 3 is 2.81 bits per heavy atom. The van der Waals surface area contributed by atoms with Crippen LogP contribution in [0.5, 0.6) is 0 Å². The van der Waals surface area contributed by atoms with Crippen LogP contribution in [0, 0.1) is 0 Å². The third-order valence-corrected chi connectivity index (χ3v) is 5.52. The fourth-order valence-electron chi connectivity index (χ4n) is 3.09. The number of carbonyl (C=O) groups is 1. The number of rotatable bonds is 6. The van der Waals surface area contributed by atoms with E-state index in [2.05, 4.69) is 26.7 Å². The summed E-state index contributed by atoms with van der Waals surface area (Å²) in [7, 11) is 1.40. The molecule has 3 aromatic rings. The molecule has 0 unspecified atom stereocenters. The van der Waals surface area contributed by atoms with E-state index >= 15 is 0 Å². The molecule has 2 N–H and O–H groups in total. The summed E-state index contributed by atoms with van der Waals surface area (Å²) in [4.78, 5) is 20.5. The first-order valence-corrected chi connectivity index (χ1v) is 9.42. The van der Waals surface area contributed by atoms with Gasteiger partial charge >= 0.3 is 5.97 Å². The van der Waals surface area contributed by atoms with E-state index in [9.17, 15) is 4.79 Å². The van der Waals surface area contributed by atoms with Crippen LogP contribution in [-0.4, -0.2) is 35.1 Å². The standard InChI is InChI=1S/C19H20N4O2S/c1-25-17(24)9-12-5-4-8-20-18(12)21-13-10-14(11-13)22-19-23-15-6-2-3-7-16(15)26-19/h2-8,13-14H,9-11H2,1H3,(H,20,21)(H,22,23). The number of anilines is 2. The second-order valence-corrected chi connectivity index (χ2v) is 7.44. The van der Waals surface area contributed by atoms with Crippen LogP contribution in [0.4, 0.5) is 10.9 Å². The summed E-state index contributed by atoms with van der Waals surface area (Å²) in [5, 5.41) is 7.93. The molecule has 134 valence electrons. The largest absolute Gasteiger partial charge is 0.469 e. The highest BCUT2D eigenvalue weighted by atomic mass is 32.1. The van der Waals surface area contributed by atoms with Crippen LogP contribution in [0.3, 0.4) is 0 Å². The SMILES string of the molecule is COC(=O)Cc1cccnc1NC1CC(Nc2nc3ccccc3s2)C1. The van der Waals surface area contributed by atoms with E-state index in [-0.39, 0.29) is 12.4 Å². The maximum Gasteiger partial charge on any atom is 0.310 e. The Morgan fingerprint density at radius 2 is 2.00 bits per heavy atom. The van der Waals surface area contributed by atoms with Crippen LogP contribution in [0.1, 0.15) is 18.4 Å². The van der Waals surface area contributed by atoms with Crippen LogP contribution >= 0.6 is 11.3 Å².